The zero-order valence-electron chi connectivity index (χ0n) is 11.4. The Morgan fingerprint density at radius 2 is 0.737 bits per heavy atom. The van der Waals surface area contributed by atoms with E-state index in [1.54, 1.807) is 0 Å². The summed E-state index contributed by atoms with van der Waals surface area (Å²) in [5.41, 5.74) is 2.64. The van der Waals surface area contributed by atoms with E-state index in [9.17, 15) is 0 Å². The van der Waals surface area contributed by atoms with Gasteiger partial charge in [0, 0.05) is 0 Å². The normalized spacial score (nSPS) is 6.42. The summed E-state index contributed by atoms with van der Waals surface area (Å²) in [6, 6.07) is 20.5. The summed E-state index contributed by atoms with van der Waals surface area (Å²) in [5, 5.41) is 0. The molecule has 0 saturated heterocycles. The van der Waals surface area contributed by atoms with Crippen molar-refractivity contribution in [3.05, 3.63) is 71.8 Å². The van der Waals surface area contributed by atoms with Crippen molar-refractivity contribution in [2.45, 2.75) is 13.8 Å². The molecule has 0 aliphatic carbocycles. The van der Waals surface area contributed by atoms with Crippen molar-refractivity contribution in [1.29, 1.82) is 0 Å². The molecule has 0 heterocycles. The zero-order chi connectivity index (χ0) is 10.2. The first kappa shape index (κ1) is 31.2. The van der Waals surface area contributed by atoms with Crippen LogP contribution in [0.15, 0.2) is 60.7 Å². The van der Waals surface area contributed by atoms with Gasteiger partial charge in [-0.05, 0) is 13.8 Å². The molecule has 0 aromatic heterocycles. The maximum absolute atomic E-state index is 2.08. The molecular weight excluding hydrogens is 391 g/mol. The smallest absolute Gasteiger partial charge is 0.0398 e. The number of halogens is 3. The van der Waals surface area contributed by atoms with E-state index in [1.807, 2.05) is 36.4 Å². The highest BCUT2D eigenvalue weighted by atomic mass is 79.9. The molecule has 0 saturated carbocycles. The third-order valence-electron chi connectivity index (χ3n) is 1.88. The van der Waals surface area contributed by atoms with Gasteiger partial charge in [-0.2, -0.15) is 0 Å². The third-order valence-corrected chi connectivity index (χ3v) is 1.88. The van der Waals surface area contributed by atoms with Crippen LogP contribution < -0.4 is 12.3 Å². The van der Waals surface area contributed by atoms with Crippen molar-refractivity contribution in [2.75, 3.05) is 0 Å². The van der Waals surface area contributed by atoms with Gasteiger partial charge in [0.25, 0.3) is 0 Å². The minimum atomic E-state index is 0. The number of hydrogen-bond acceptors (Lipinski definition) is 2. The SMILES string of the molecule is Br.Br.Cc1ccccc1.Cc1ccccc1.Cl.N.N. The summed E-state index contributed by atoms with van der Waals surface area (Å²) in [7, 11) is 0. The Kier molecular flexibility index (Phi) is 32.7. The van der Waals surface area contributed by atoms with E-state index in [0.717, 1.165) is 0 Å². The molecule has 6 N–H and O–H groups in total. The lowest BCUT2D eigenvalue weighted by Gasteiger charge is -1.82. The fraction of sp³-hybridized carbons (Fsp3) is 0.143. The van der Waals surface area contributed by atoms with Crippen LogP contribution in [0.2, 0.25) is 0 Å². The molecule has 112 valence electrons. The molecule has 0 atom stereocenters. The summed E-state index contributed by atoms with van der Waals surface area (Å²) >= 11 is 0. The summed E-state index contributed by atoms with van der Waals surface area (Å²) in [4.78, 5) is 0. The van der Waals surface area contributed by atoms with E-state index in [4.69, 9.17) is 0 Å². The molecule has 0 fully saturated rings. The average molecular weight is 417 g/mol. The van der Waals surface area contributed by atoms with Gasteiger partial charge in [0.1, 0.15) is 0 Å². The first-order valence-electron chi connectivity index (χ1n) is 4.82. The highest BCUT2D eigenvalue weighted by Gasteiger charge is 1.72. The molecular formula is C14H25Br2ClN2. The summed E-state index contributed by atoms with van der Waals surface area (Å²) in [6.45, 7) is 4.17. The van der Waals surface area contributed by atoms with Crippen LogP contribution in [0.5, 0.6) is 0 Å². The van der Waals surface area contributed by atoms with Gasteiger partial charge in [-0.25, -0.2) is 0 Å². The molecule has 19 heavy (non-hydrogen) atoms. The van der Waals surface area contributed by atoms with Gasteiger partial charge in [0.15, 0.2) is 0 Å². The monoisotopic (exact) mass is 414 g/mol. The minimum Gasteiger partial charge on any atom is -0.344 e. The van der Waals surface area contributed by atoms with Crippen LogP contribution in [0, 0.1) is 13.8 Å². The Balaban J connectivity index is -0.0000000544. The molecule has 0 aliphatic heterocycles. The Bertz CT molecular complexity index is 321. The lowest BCUT2D eigenvalue weighted by Crippen LogP contribution is -1.62. The molecule has 2 rings (SSSR count). The Morgan fingerprint density at radius 3 is 0.842 bits per heavy atom. The van der Waals surface area contributed by atoms with E-state index in [2.05, 4.69) is 38.1 Å². The second kappa shape index (κ2) is 19.9. The van der Waals surface area contributed by atoms with Crippen LogP contribution in [-0.2, 0) is 0 Å². The lowest BCUT2D eigenvalue weighted by atomic mass is 10.2. The van der Waals surface area contributed by atoms with Gasteiger partial charge in [-0.15, -0.1) is 46.4 Å². The molecule has 0 spiro atoms. The van der Waals surface area contributed by atoms with Crippen LogP contribution in [0.1, 0.15) is 11.1 Å². The topological polar surface area (TPSA) is 70.0 Å². The maximum Gasteiger partial charge on any atom is -0.0398 e. The van der Waals surface area contributed by atoms with Crippen LogP contribution >= 0.6 is 46.4 Å². The molecule has 0 amide bonds. The lowest BCUT2D eigenvalue weighted by molar-refractivity contribution is 1.48. The van der Waals surface area contributed by atoms with E-state index < -0.39 is 0 Å². The maximum atomic E-state index is 2.08. The van der Waals surface area contributed by atoms with Crippen LogP contribution in [0.25, 0.3) is 0 Å². The first-order valence-corrected chi connectivity index (χ1v) is 4.82. The Labute approximate surface area is 144 Å². The molecule has 5 heteroatoms. The zero-order valence-corrected chi connectivity index (χ0v) is 15.7. The Morgan fingerprint density at radius 1 is 0.526 bits per heavy atom. The van der Waals surface area contributed by atoms with Crippen molar-refractivity contribution < 1.29 is 0 Å². The minimum absolute atomic E-state index is 0. The summed E-state index contributed by atoms with van der Waals surface area (Å²) in [6.07, 6.45) is 0. The highest BCUT2D eigenvalue weighted by Crippen LogP contribution is 1.92. The predicted octanol–water partition coefficient (Wildman–Crippen LogP) is 5.89. The molecule has 0 unspecified atom stereocenters. The third kappa shape index (κ3) is 17.6. The largest absolute Gasteiger partial charge is 0.344 e. The molecule has 0 bridgehead atoms. The number of hydrogen-bond donors (Lipinski definition) is 2. The number of rotatable bonds is 0. The van der Waals surface area contributed by atoms with E-state index in [0.29, 0.717) is 0 Å². The molecule has 2 aromatic rings. The fourth-order valence-electron chi connectivity index (χ4n) is 1.07. The van der Waals surface area contributed by atoms with Gasteiger partial charge in [-0.1, -0.05) is 71.8 Å². The second-order valence-electron chi connectivity index (χ2n) is 3.31. The van der Waals surface area contributed by atoms with Crippen LogP contribution in [0.4, 0.5) is 0 Å². The van der Waals surface area contributed by atoms with Crippen molar-refractivity contribution in [2.24, 2.45) is 0 Å². The number of benzene rings is 2. The molecule has 2 aromatic carbocycles. The average Bonchev–Trinajstić information content (AvgIpc) is 2.21. The van der Waals surface area contributed by atoms with E-state index in [1.165, 1.54) is 11.1 Å². The van der Waals surface area contributed by atoms with Crippen molar-refractivity contribution in [3.63, 3.8) is 0 Å². The summed E-state index contributed by atoms with van der Waals surface area (Å²) in [5.74, 6) is 0. The van der Waals surface area contributed by atoms with Gasteiger partial charge in [-0.3, -0.25) is 0 Å². The standard InChI is InChI=1S/2C7H8.2BrH.ClH.2H3N/c2*1-7-5-3-2-4-6-7;;;;;/h2*2-6H,1H3;3*1H;2*1H3. The first-order chi connectivity index (χ1) is 6.79. The highest BCUT2D eigenvalue weighted by molar-refractivity contribution is 8.93. The number of aryl methyl sites for hydroxylation is 2. The predicted molar refractivity (Wildman–Crippen MR) is 100 cm³/mol. The van der Waals surface area contributed by atoms with Gasteiger partial charge >= 0.3 is 0 Å². The van der Waals surface area contributed by atoms with Crippen LogP contribution in [0.3, 0.4) is 0 Å². The quantitative estimate of drug-likeness (QED) is 0.562. The van der Waals surface area contributed by atoms with Crippen molar-refractivity contribution >= 4 is 46.4 Å². The van der Waals surface area contributed by atoms with Gasteiger partial charge < -0.3 is 12.3 Å². The summed E-state index contributed by atoms with van der Waals surface area (Å²) < 4.78 is 0. The van der Waals surface area contributed by atoms with Gasteiger partial charge in [0.2, 0.25) is 0 Å². The molecule has 2 nitrogen and oxygen atoms in total. The molecule has 0 radical (unpaired) electrons. The Hall–Kier alpha value is -0.390. The van der Waals surface area contributed by atoms with E-state index in [-0.39, 0.29) is 58.7 Å². The van der Waals surface area contributed by atoms with Crippen LogP contribution in [-0.4, -0.2) is 0 Å². The van der Waals surface area contributed by atoms with Crippen molar-refractivity contribution in [3.8, 4) is 0 Å². The fourth-order valence-corrected chi connectivity index (χ4v) is 1.07. The van der Waals surface area contributed by atoms with Crippen molar-refractivity contribution in [1.82, 2.24) is 12.3 Å². The van der Waals surface area contributed by atoms with E-state index >= 15 is 0 Å². The van der Waals surface area contributed by atoms with Gasteiger partial charge in [0.05, 0.1) is 0 Å². The second-order valence-corrected chi connectivity index (χ2v) is 3.31. The molecule has 0 aliphatic rings.